The number of pyridine rings is 1. The Morgan fingerprint density at radius 2 is 1.85 bits per heavy atom. The number of carbonyl (C=O) groups is 1. The summed E-state index contributed by atoms with van der Waals surface area (Å²) in [5.41, 5.74) is 2.30. The summed E-state index contributed by atoms with van der Waals surface area (Å²) in [6.07, 6.45) is 6.35. The average Bonchev–Trinajstić information content (AvgIpc) is 3.66. The van der Waals surface area contributed by atoms with Crippen LogP contribution in [0, 0.1) is 11.2 Å². The zero-order valence-corrected chi connectivity index (χ0v) is 21.4. The molecule has 10 nitrogen and oxygen atoms in total. The lowest BCUT2D eigenvalue weighted by atomic mass is 9.91. The molecule has 11 heteroatoms. The van der Waals surface area contributed by atoms with E-state index < -0.39 is 11.7 Å². The number of benzene rings is 1. The zero-order valence-electron chi connectivity index (χ0n) is 21.4. The fourth-order valence-corrected chi connectivity index (χ4v) is 4.68. The Balaban J connectivity index is 1.26. The molecule has 0 unspecified atom stereocenters. The molecular formula is C28H28FN7O3. The van der Waals surface area contributed by atoms with Crippen molar-refractivity contribution in [3.05, 3.63) is 72.7 Å². The molecule has 3 aromatic heterocycles. The maximum Gasteiger partial charge on any atom is 0.235 e. The fourth-order valence-electron chi connectivity index (χ4n) is 4.68. The molecular weight excluding hydrogens is 501 g/mol. The van der Waals surface area contributed by atoms with Gasteiger partial charge in [-0.3, -0.25) is 9.78 Å². The van der Waals surface area contributed by atoms with Crippen molar-refractivity contribution in [3.8, 4) is 22.6 Å². The number of imidazole rings is 1. The molecule has 1 aromatic carbocycles. The molecule has 6 rings (SSSR count). The van der Waals surface area contributed by atoms with Gasteiger partial charge in [-0.05, 0) is 62.2 Å². The summed E-state index contributed by atoms with van der Waals surface area (Å²) in [6, 6.07) is 11.5. The first-order chi connectivity index (χ1) is 19.0. The topological polar surface area (TPSA) is 118 Å². The second-order valence-electron chi connectivity index (χ2n) is 10.00. The van der Waals surface area contributed by atoms with Crippen LogP contribution in [0.4, 0.5) is 16.0 Å². The number of hydrogen-bond donors (Lipinski definition) is 2. The van der Waals surface area contributed by atoms with Crippen molar-refractivity contribution in [2.24, 2.45) is 5.41 Å². The first kappa shape index (κ1) is 25.1. The average molecular weight is 530 g/mol. The lowest BCUT2D eigenvalue weighted by Crippen LogP contribution is -2.45. The van der Waals surface area contributed by atoms with E-state index in [2.05, 4.69) is 25.2 Å². The normalized spacial score (nSPS) is 21.2. The molecule has 0 radical (unpaired) electrons. The first-order valence-corrected chi connectivity index (χ1v) is 12.9. The lowest BCUT2D eigenvalue weighted by Gasteiger charge is -2.35. The zero-order chi connectivity index (χ0) is 26.8. The van der Waals surface area contributed by atoms with Crippen LogP contribution >= 0.6 is 0 Å². The van der Waals surface area contributed by atoms with E-state index in [-0.39, 0.29) is 24.9 Å². The molecule has 2 N–H and O–H groups in total. The van der Waals surface area contributed by atoms with Crippen LogP contribution in [0.5, 0.6) is 0 Å². The van der Waals surface area contributed by atoms with Gasteiger partial charge in [0.25, 0.3) is 0 Å². The molecule has 5 heterocycles. The lowest BCUT2D eigenvalue weighted by molar-refractivity contribution is -0.229. The Kier molecular flexibility index (Phi) is 6.76. The molecule has 0 atom stereocenters. The molecule has 0 saturated carbocycles. The summed E-state index contributed by atoms with van der Waals surface area (Å²) < 4.78 is 25.7. The van der Waals surface area contributed by atoms with Crippen molar-refractivity contribution in [2.45, 2.75) is 26.1 Å². The SMILES string of the molecule is CC1(C(=O)Nc2cccnc2)COC(c2nc(-c3ccc(F)cc3)c(-c3ccnc(N4CCCC4)n3)[nH]2)OC1. The van der Waals surface area contributed by atoms with Crippen molar-refractivity contribution in [2.75, 3.05) is 36.5 Å². The van der Waals surface area contributed by atoms with Gasteiger partial charge >= 0.3 is 0 Å². The van der Waals surface area contributed by atoms with Crippen molar-refractivity contribution in [1.82, 2.24) is 24.9 Å². The number of anilines is 2. The van der Waals surface area contributed by atoms with Gasteiger partial charge in [0.15, 0.2) is 5.82 Å². The van der Waals surface area contributed by atoms with Crippen molar-refractivity contribution < 1.29 is 18.7 Å². The van der Waals surface area contributed by atoms with E-state index >= 15 is 0 Å². The number of H-pyrrole nitrogens is 1. The summed E-state index contributed by atoms with van der Waals surface area (Å²) in [5.74, 6) is 0.529. The number of hydrogen-bond acceptors (Lipinski definition) is 8. The Bertz CT molecular complexity index is 1450. The minimum absolute atomic E-state index is 0.123. The van der Waals surface area contributed by atoms with Gasteiger partial charge in [-0.1, -0.05) is 0 Å². The number of halogens is 1. The second-order valence-corrected chi connectivity index (χ2v) is 10.00. The predicted molar refractivity (Wildman–Crippen MR) is 142 cm³/mol. The van der Waals surface area contributed by atoms with Gasteiger partial charge in [0.05, 0.1) is 47.6 Å². The van der Waals surface area contributed by atoms with E-state index in [1.54, 1.807) is 49.8 Å². The number of ether oxygens (including phenoxy) is 2. The van der Waals surface area contributed by atoms with Gasteiger partial charge in [-0.25, -0.2) is 19.3 Å². The van der Waals surface area contributed by atoms with E-state index in [9.17, 15) is 9.18 Å². The summed E-state index contributed by atoms with van der Waals surface area (Å²) >= 11 is 0. The minimum Gasteiger partial charge on any atom is -0.345 e. The van der Waals surface area contributed by atoms with Gasteiger partial charge in [-0.2, -0.15) is 0 Å². The number of nitrogens with one attached hydrogen (secondary N) is 2. The maximum absolute atomic E-state index is 13.7. The molecule has 39 heavy (non-hydrogen) atoms. The summed E-state index contributed by atoms with van der Waals surface area (Å²) in [6.45, 7) is 3.86. The number of rotatable bonds is 6. The molecule has 2 aliphatic heterocycles. The van der Waals surface area contributed by atoms with Crippen molar-refractivity contribution in [3.63, 3.8) is 0 Å². The third-order valence-electron chi connectivity index (χ3n) is 6.93. The standard InChI is InChI=1S/C28H28FN7O3/c1-28(26(37)32-20-5-4-11-30-15-20)16-38-25(39-17-28)24-34-22(18-6-8-19(29)9-7-18)23(35-24)21-10-12-31-27(33-21)36-13-2-3-14-36/h4-12,15,25H,2-3,13-14,16-17H2,1H3,(H,32,37)(H,34,35). The van der Waals surface area contributed by atoms with Gasteiger partial charge in [0.1, 0.15) is 5.82 Å². The maximum atomic E-state index is 13.7. The van der Waals surface area contributed by atoms with Gasteiger partial charge in [0, 0.05) is 31.0 Å². The molecule has 0 bridgehead atoms. The van der Waals surface area contributed by atoms with Crippen LogP contribution in [0.25, 0.3) is 22.6 Å². The summed E-state index contributed by atoms with van der Waals surface area (Å²) in [4.78, 5) is 36.5. The molecule has 4 aromatic rings. The number of aromatic nitrogens is 5. The Labute approximate surface area is 224 Å². The number of aromatic amines is 1. The highest BCUT2D eigenvalue weighted by Gasteiger charge is 2.41. The Morgan fingerprint density at radius 3 is 2.56 bits per heavy atom. The molecule has 2 fully saturated rings. The number of nitrogens with zero attached hydrogens (tertiary/aromatic N) is 5. The van der Waals surface area contributed by atoms with Gasteiger partial charge in [0.2, 0.25) is 18.1 Å². The third-order valence-corrected chi connectivity index (χ3v) is 6.93. The van der Waals surface area contributed by atoms with Crippen molar-refractivity contribution >= 4 is 17.5 Å². The number of amides is 1. The fraction of sp³-hybridized carbons (Fsp3) is 0.321. The van der Waals surface area contributed by atoms with E-state index in [0.29, 0.717) is 40.1 Å². The van der Waals surface area contributed by atoms with Crippen LogP contribution in [0.3, 0.4) is 0 Å². The summed E-state index contributed by atoms with van der Waals surface area (Å²) in [7, 11) is 0. The highest BCUT2D eigenvalue weighted by Crippen LogP contribution is 2.36. The molecule has 1 amide bonds. The molecule has 0 spiro atoms. The van der Waals surface area contributed by atoms with Crippen LogP contribution in [0.2, 0.25) is 0 Å². The Morgan fingerprint density at radius 1 is 1.08 bits per heavy atom. The van der Waals surface area contributed by atoms with Crippen molar-refractivity contribution in [1.29, 1.82) is 0 Å². The van der Waals surface area contributed by atoms with Crippen LogP contribution < -0.4 is 10.2 Å². The molecule has 2 saturated heterocycles. The van der Waals surface area contributed by atoms with Gasteiger partial charge in [-0.15, -0.1) is 0 Å². The van der Waals surface area contributed by atoms with Crippen LogP contribution in [0.1, 0.15) is 31.9 Å². The van der Waals surface area contributed by atoms with Crippen LogP contribution in [-0.4, -0.2) is 57.1 Å². The van der Waals surface area contributed by atoms with E-state index in [0.717, 1.165) is 25.9 Å². The van der Waals surface area contributed by atoms with Gasteiger partial charge < -0.3 is 24.7 Å². The Hall–Kier alpha value is -4.22. The molecule has 0 aliphatic carbocycles. The largest absolute Gasteiger partial charge is 0.345 e. The predicted octanol–water partition coefficient (Wildman–Crippen LogP) is 4.36. The smallest absolute Gasteiger partial charge is 0.235 e. The molecule has 2 aliphatic rings. The van der Waals surface area contributed by atoms with E-state index in [1.165, 1.54) is 12.1 Å². The van der Waals surface area contributed by atoms with Crippen LogP contribution in [-0.2, 0) is 14.3 Å². The summed E-state index contributed by atoms with van der Waals surface area (Å²) in [5, 5.41) is 2.86. The highest BCUT2D eigenvalue weighted by atomic mass is 19.1. The minimum atomic E-state index is -0.904. The quantitative estimate of drug-likeness (QED) is 0.378. The van der Waals surface area contributed by atoms with E-state index in [1.807, 2.05) is 6.07 Å². The second kappa shape index (κ2) is 10.5. The van der Waals surface area contributed by atoms with Crippen LogP contribution in [0.15, 0.2) is 61.1 Å². The first-order valence-electron chi connectivity index (χ1n) is 12.9. The monoisotopic (exact) mass is 529 g/mol. The highest BCUT2D eigenvalue weighted by molar-refractivity contribution is 5.95. The molecule has 200 valence electrons. The third kappa shape index (κ3) is 5.23. The number of carbonyl (C=O) groups excluding carboxylic acids is 1. The van der Waals surface area contributed by atoms with E-state index in [4.69, 9.17) is 19.4 Å².